The molecule has 1 aliphatic rings. The Morgan fingerprint density at radius 2 is 2.04 bits per heavy atom. The Hall–Kier alpha value is -2.65. The number of nitrogens with zero attached hydrogens (tertiary/aromatic N) is 3. The van der Waals surface area contributed by atoms with E-state index in [0.29, 0.717) is 36.6 Å². The Kier molecular flexibility index (Phi) is 4.04. The monoisotopic (exact) mass is 373 g/mol. The lowest BCUT2D eigenvalue weighted by atomic mass is 10.2. The Labute approximate surface area is 150 Å². The van der Waals surface area contributed by atoms with Crippen molar-refractivity contribution in [1.29, 1.82) is 0 Å². The molecule has 0 amide bonds. The molecule has 1 aromatic carbocycles. The van der Waals surface area contributed by atoms with Gasteiger partial charge in [-0.05, 0) is 19.1 Å². The van der Waals surface area contributed by atoms with Gasteiger partial charge in [0.15, 0.2) is 5.82 Å². The number of nitrogen functional groups attached to an aromatic ring is 1. The highest BCUT2D eigenvalue weighted by Gasteiger charge is 2.30. The highest BCUT2D eigenvalue weighted by atomic mass is 32.2. The summed E-state index contributed by atoms with van der Waals surface area (Å²) in [6, 6.07) is 8.30. The van der Waals surface area contributed by atoms with Gasteiger partial charge in [-0.2, -0.15) is 0 Å². The van der Waals surface area contributed by atoms with Crippen LogP contribution in [0.2, 0.25) is 0 Å². The number of aromatic nitrogens is 3. The highest BCUT2D eigenvalue weighted by Crippen LogP contribution is 2.35. The van der Waals surface area contributed by atoms with E-state index in [0.717, 1.165) is 0 Å². The second-order valence-corrected chi connectivity index (χ2v) is 8.11. The van der Waals surface area contributed by atoms with Crippen molar-refractivity contribution < 1.29 is 13.2 Å². The topological polar surface area (TPSA) is 114 Å². The van der Waals surface area contributed by atoms with Gasteiger partial charge < -0.3 is 20.4 Å². The van der Waals surface area contributed by atoms with Crippen LogP contribution in [0, 0.1) is 0 Å². The number of ether oxygens (including phenoxy) is 1. The van der Waals surface area contributed by atoms with Gasteiger partial charge >= 0.3 is 0 Å². The van der Waals surface area contributed by atoms with Crippen molar-refractivity contribution in [2.45, 2.75) is 22.8 Å². The first-order chi connectivity index (χ1) is 12.5. The molecule has 9 heteroatoms. The maximum absolute atomic E-state index is 13.1. The largest absolute Gasteiger partial charge is 0.384 e. The van der Waals surface area contributed by atoms with Crippen LogP contribution in [0.25, 0.3) is 11.0 Å². The molecule has 0 radical (unpaired) electrons. The van der Waals surface area contributed by atoms with E-state index in [1.165, 1.54) is 6.33 Å². The molecule has 1 saturated heterocycles. The van der Waals surface area contributed by atoms with E-state index in [-0.39, 0.29) is 21.7 Å². The molecule has 3 aromatic rings. The standard InChI is InChI=1S/C17H19N5O3S/c1-11-9-25-8-7-22(11)17-14-13(19-10-20-17)15(16(18)21-14)26(23,24)12-5-3-2-4-6-12/h2-6,10-11,21H,7-9,18H2,1H3. The molecule has 1 unspecified atom stereocenters. The molecule has 0 spiro atoms. The molecule has 4 rings (SSSR count). The second kappa shape index (κ2) is 6.26. The summed E-state index contributed by atoms with van der Waals surface area (Å²) in [6.07, 6.45) is 1.37. The van der Waals surface area contributed by atoms with Gasteiger partial charge in [0.05, 0.1) is 24.2 Å². The van der Waals surface area contributed by atoms with E-state index in [4.69, 9.17) is 10.5 Å². The number of fused-ring (bicyclic) bond motifs is 1. The molecule has 0 saturated carbocycles. The summed E-state index contributed by atoms with van der Waals surface area (Å²) in [6.45, 7) is 3.85. The number of anilines is 2. The molecule has 0 aliphatic carbocycles. The summed E-state index contributed by atoms with van der Waals surface area (Å²) in [5.41, 5.74) is 6.89. The Balaban J connectivity index is 1.91. The summed E-state index contributed by atoms with van der Waals surface area (Å²) in [5.74, 6) is 0.693. The van der Waals surface area contributed by atoms with Crippen LogP contribution in [0.1, 0.15) is 6.92 Å². The van der Waals surface area contributed by atoms with Crippen molar-refractivity contribution in [1.82, 2.24) is 15.0 Å². The van der Waals surface area contributed by atoms with Gasteiger partial charge in [0, 0.05) is 6.54 Å². The van der Waals surface area contributed by atoms with E-state index in [9.17, 15) is 8.42 Å². The average molecular weight is 373 g/mol. The fourth-order valence-electron chi connectivity index (χ4n) is 3.23. The molecule has 2 aromatic heterocycles. The van der Waals surface area contributed by atoms with Crippen molar-refractivity contribution >= 4 is 32.5 Å². The molecule has 1 atom stereocenters. The minimum Gasteiger partial charge on any atom is -0.384 e. The van der Waals surface area contributed by atoms with Crippen LogP contribution in [-0.4, -0.2) is 49.2 Å². The van der Waals surface area contributed by atoms with Gasteiger partial charge in [-0.25, -0.2) is 18.4 Å². The van der Waals surface area contributed by atoms with E-state index in [1.807, 2.05) is 6.92 Å². The summed E-state index contributed by atoms with van der Waals surface area (Å²) in [5, 5.41) is 0. The number of hydrogen-bond donors (Lipinski definition) is 2. The van der Waals surface area contributed by atoms with Crippen molar-refractivity contribution in [3.63, 3.8) is 0 Å². The molecule has 3 N–H and O–H groups in total. The minimum absolute atomic E-state index is 0.0109. The number of nitrogens with two attached hydrogens (primary N) is 1. The molecule has 1 fully saturated rings. The van der Waals surface area contributed by atoms with Crippen LogP contribution in [-0.2, 0) is 14.6 Å². The van der Waals surface area contributed by atoms with Gasteiger partial charge in [-0.3, -0.25) is 0 Å². The lowest BCUT2D eigenvalue weighted by Crippen LogP contribution is -2.44. The molecule has 0 bridgehead atoms. The first-order valence-corrected chi connectivity index (χ1v) is 9.75. The van der Waals surface area contributed by atoms with Gasteiger partial charge in [-0.15, -0.1) is 0 Å². The number of sulfone groups is 1. The number of H-pyrrole nitrogens is 1. The summed E-state index contributed by atoms with van der Waals surface area (Å²) < 4.78 is 31.6. The number of morpholine rings is 1. The van der Waals surface area contributed by atoms with Crippen molar-refractivity contribution in [3.05, 3.63) is 36.7 Å². The number of hydrogen-bond acceptors (Lipinski definition) is 7. The predicted octanol–water partition coefficient (Wildman–Crippen LogP) is 1.60. The molecule has 26 heavy (non-hydrogen) atoms. The average Bonchev–Trinajstić information content (AvgIpc) is 2.99. The number of benzene rings is 1. The summed E-state index contributed by atoms with van der Waals surface area (Å²) in [7, 11) is -3.80. The Morgan fingerprint density at radius 3 is 2.77 bits per heavy atom. The molecule has 8 nitrogen and oxygen atoms in total. The van der Waals surface area contributed by atoms with Crippen LogP contribution in [0.15, 0.2) is 46.5 Å². The van der Waals surface area contributed by atoms with Crippen LogP contribution in [0.4, 0.5) is 11.6 Å². The summed E-state index contributed by atoms with van der Waals surface area (Å²) >= 11 is 0. The van der Waals surface area contributed by atoms with Gasteiger partial charge in [0.2, 0.25) is 9.84 Å². The van der Waals surface area contributed by atoms with Crippen LogP contribution >= 0.6 is 0 Å². The third-order valence-electron chi connectivity index (χ3n) is 4.51. The predicted molar refractivity (Wildman–Crippen MR) is 97.8 cm³/mol. The van der Waals surface area contributed by atoms with Gasteiger partial charge in [0.1, 0.15) is 28.1 Å². The highest BCUT2D eigenvalue weighted by molar-refractivity contribution is 7.92. The maximum Gasteiger partial charge on any atom is 0.212 e. The van der Waals surface area contributed by atoms with Gasteiger partial charge in [-0.1, -0.05) is 18.2 Å². The fourth-order valence-corrected chi connectivity index (χ4v) is 4.73. The maximum atomic E-state index is 13.1. The first-order valence-electron chi connectivity index (χ1n) is 8.27. The third kappa shape index (κ3) is 2.60. The van der Waals surface area contributed by atoms with Crippen LogP contribution < -0.4 is 10.6 Å². The van der Waals surface area contributed by atoms with E-state index >= 15 is 0 Å². The molecule has 136 valence electrons. The van der Waals surface area contributed by atoms with Crippen molar-refractivity contribution in [3.8, 4) is 0 Å². The van der Waals surface area contributed by atoms with E-state index in [1.54, 1.807) is 30.3 Å². The van der Waals surface area contributed by atoms with Crippen molar-refractivity contribution in [2.24, 2.45) is 0 Å². The Morgan fingerprint density at radius 1 is 1.27 bits per heavy atom. The quantitative estimate of drug-likeness (QED) is 0.716. The lowest BCUT2D eigenvalue weighted by Gasteiger charge is -2.34. The molecule has 3 heterocycles. The van der Waals surface area contributed by atoms with E-state index < -0.39 is 9.84 Å². The first kappa shape index (κ1) is 16.8. The zero-order chi connectivity index (χ0) is 18.3. The van der Waals surface area contributed by atoms with Crippen LogP contribution in [0.3, 0.4) is 0 Å². The number of aromatic amines is 1. The molecule has 1 aliphatic heterocycles. The number of nitrogens with one attached hydrogen (secondary N) is 1. The van der Waals surface area contributed by atoms with Crippen LogP contribution in [0.5, 0.6) is 0 Å². The second-order valence-electron chi connectivity index (χ2n) is 6.22. The fraction of sp³-hybridized carbons (Fsp3) is 0.294. The van der Waals surface area contributed by atoms with Crippen molar-refractivity contribution in [2.75, 3.05) is 30.4 Å². The van der Waals surface area contributed by atoms with Gasteiger partial charge in [0.25, 0.3) is 0 Å². The lowest BCUT2D eigenvalue weighted by molar-refractivity contribution is 0.0986. The Bertz CT molecular complexity index is 1050. The molecular weight excluding hydrogens is 354 g/mol. The molecular formula is C17H19N5O3S. The summed E-state index contributed by atoms with van der Waals surface area (Å²) in [4.78, 5) is 13.8. The zero-order valence-corrected chi connectivity index (χ0v) is 15.0. The number of rotatable bonds is 3. The third-order valence-corrected chi connectivity index (χ3v) is 6.35. The van der Waals surface area contributed by atoms with E-state index in [2.05, 4.69) is 19.9 Å². The minimum atomic E-state index is -3.80. The SMILES string of the molecule is CC1COCCN1c1ncnc2c(S(=O)(=O)c3ccccc3)c(N)[nH]c12. The zero-order valence-electron chi connectivity index (χ0n) is 14.2. The normalized spacial score (nSPS) is 18.3. The smallest absolute Gasteiger partial charge is 0.212 e.